The molecular weight excluding hydrogens is 328 g/mol. The number of rotatable bonds is 3. The van der Waals surface area contributed by atoms with Crippen molar-refractivity contribution < 1.29 is 9.84 Å². The highest BCUT2D eigenvalue weighted by atomic mass is 16.5. The van der Waals surface area contributed by atoms with Gasteiger partial charge in [0.25, 0.3) is 0 Å². The largest absolute Gasteiger partial charge is 0.385 e. The van der Waals surface area contributed by atoms with Gasteiger partial charge < -0.3 is 9.84 Å². The van der Waals surface area contributed by atoms with Crippen LogP contribution in [0.2, 0.25) is 0 Å². The molecule has 2 aliphatic rings. The van der Waals surface area contributed by atoms with Crippen molar-refractivity contribution in [2.75, 3.05) is 13.2 Å². The average molecular weight is 350 g/mol. The summed E-state index contributed by atoms with van der Waals surface area (Å²) in [4.78, 5) is 2.50. The van der Waals surface area contributed by atoms with E-state index in [1.165, 1.54) is 5.56 Å². The van der Waals surface area contributed by atoms with Gasteiger partial charge in [0.2, 0.25) is 0 Å². The smallest absolute Gasteiger partial charge is 0.160 e. The zero-order valence-corrected chi connectivity index (χ0v) is 14.5. The normalized spacial score (nSPS) is 29.1. The third-order valence-corrected chi connectivity index (χ3v) is 5.74. The summed E-state index contributed by atoms with van der Waals surface area (Å²) in [6.45, 7) is 2.24. The molecule has 2 aliphatic heterocycles. The van der Waals surface area contributed by atoms with Crippen LogP contribution in [-0.4, -0.2) is 49.9 Å². The first-order valence-electron chi connectivity index (χ1n) is 9.11. The molecular formula is C20H22N4O2. The standard InChI is InChI=1S/C20H22N4O2/c25-20(16-6-7-19-22-21-14-23(19)11-16)8-17-12-26-13-18(9-20)24(17)10-15-4-2-1-3-5-15/h1-7,11,14,17-18,25H,8-10,12-13H2. The second-order valence-corrected chi connectivity index (χ2v) is 7.46. The van der Waals surface area contributed by atoms with E-state index in [0.717, 1.165) is 17.8 Å². The highest BCUT2D eigenvalue weighted by Crippen LogP contribution is 2.41. The molecule has 4 heterocycles. The van der Waals surface area contributed by atoms with Crippen LogP contribution in [0.4, 0.5) is 0 Å². The lowest BCUT2D eigenvalue weighted by Crippen LogP contribution is -2.60. The molecule has 26 heavy (non-hydrogen) atoms. The Morgan fingerprint density at radius 2 is 1.85 bits per heavy atom. The van der Waals surface area contributed by atoms with Crippen LogP contribution in [0.3, 0.4) is 0 Å². The van der Waals surface area contributed by atoms with E-state index in [-0.39, 0.29) is 12.1 Å². The highest BCUT2D eigenvalue weighted by Gasteiger charge is 2.47. The number of pyridine rings is 1. The monoisotopic (exact) mass is 350 g/mol. The number of aromatic nitrogens is 3. The molecule has 0 amide bonds. The molecule has 134 valence electrons. The summed E-state index contributed by atoms with van der Waals surface area (Å²) >= 11 is 0. The van der Waals surface area contributed by atoms with E-state index in [2.05, 4.69) is 39.4 Å². The molecule has 3 aromatic rings. The van der Waals surface area contributed by atoms with E-state index in [4.69, 9.17) is 4.74 Å². The third kappa shape index (κ3) is 2.70. The predicted octanol–water partition coefficient (Wildman–Crippen LogP) is 1.98. The molecule has 0 aliphatic carbocycles. The summed E-state index contributed by atoms with van der Waals surface area (Å²) in [5, 5.41) is 19.5. The molecule has 0 radical (unpaired) electrons. The first-order chi connectivity index (χ1) is 12.7. The molecule has 2 unspecified atom stereocenters. The van der Waals surface area contributed by atoms with Crippen molar-refractivity contribution in [1.82, 2.24) is 19.5 Å². The van der Waals surface area contributed by atoms with Crippen molar-refractivity contribution >= 4 is 5.65 Å². The molecule has 2 bridgehead atoms. The van der Waals surface area contributed by atoms with Gasteiger partial charge in [-0.25, -0.2) is 0 Å². The van der Waals surface area contributed by atoms with Gasteiger partial charge in [-0.05, 0) is 24.5 Å². The first-order valence-corrected chi connectivity index (χ1v) is 9.11. The van der Waals surface area contributed by atoms with E-state index >= 15 is 0 Å². The molecule has 6 heteroatoms. The maximum atomic E-state index is 11.5. The zero-order valence-electron chi connectivity index (χ0n) is 14.5. The maximum Gasteiger partial charge on any atom is 0.160 e. The SMILES string of the molecule is OC1(c2ccc3nncn3c2)CC2COCC(C1)N2Cc1ccccc1. The summed E-state index contributed by atoms with van der Waals surface area (Å²) < 4.78 is 7.68. The minimum Gasteiger partial charge on any atom is -0.385 e. The van der Waals surface area contributed by atoms with Crippen LogP contribution in [0.15, 0.2) is 55.0 Å². The predicted molar refractivity (Wildman–Crippen MR) is 96.5 cm³/mol. The van der Waals surface area contributed by atoms with E-state index < -0.39 is 5.60 Å². The summed E-state index contributed by atoms with van der Waals surface area (Å²) in [5.41, 5.74) is 2.19. The number of piperidine rings is 1. The van der Waals surface area contributed by atoms with E-state index in [1.54, 1.807) is 6.33 Å². The topological polar surface area (TPSA) is 62.9 Å². The fourth-order valence-electron chi connectivity index (χ4n) is 4.44. The van der Waals surface area contributed by atoms with Crippen molar-refractivity contribution in [3.63, 3.8) is 0 Å². The van der Waals surface area contributed by atoms with Crippen LogP contribution in [0, 0.1) is 0 Å². The van der Waals surface area contributed by atoms with Gasteiger partial charge in [0.1, 0.15) is 6.33 Å². The average Bonchev–Trinajstić information content (AvgIpc) is 3.11. The highest BCUT2D eigenvalue weighted by molar-refractivity contribution is 5.39. The van der Waals surface area contributed by atoms with Crippen LogP contribution in [0.1, 0.15) is 24.0 Å². The van der Waals surface area contributed by atoms with Crippen LogP contribution in [-0.2, 0) is 16.9 Å². The van der Waals surface area contributed by atoms with Crippen LogP contribution in [0.25, 0.3) is 5.65 Å². The first kappa shape index (κ1) is 15.9. The van der Waals surface area contributed by atoms with Gasteiger partial charge in [-0.1, -0.05) is 36.4 Å². The lowest BCUT2D eigenvalue weighted by Gasteiger charge is -2.51. The van der Waals surface area contributed by atoms with Crippen LogP contribution in [0.5, 0.6) is 0 Å². The number of hydrogen-bond donors (Lipinski definition) is 1. The minimum atomic E-state index is -0.842. The second-order valence-electron chi connectivity index (χ2n) is 7.46. The number of hydrogen-bond acceptors (Lipinski definition) is 5. The zero-order chi connectivity index (χ0) is 17.6. The lowest BCUT2D eigenvalue weighted by atomic mass is 9.77. The fraction of sp³-hybridized carbons (Fsp3) is 0.400. The maximum absolute atomic E-state index is 11.5. The van der Waals surface area contributed by atoms with Crippen LogP contribution >= 0.6 is 0 Å². The Bertz CT molecular complexity index is 896. The number of morpholine rings is 1. The summed E-state index contributed by atoms with van der Waals surface area (Å²) in [7, 11) is 0. The molecule has 1 N–H and O–H groups in total. The molecule has 2 fully saturated rings. The Balaban J connectivity index is 1.43. The van der Waals surface area contributed by atoms with Gasteiger partial charge in [-0.3, -0.25) is 9.30 Å². The molecule has 2 atom stereocenters. The van der Waals surface area contributed by atoms with Crippen molar-refractivity contribution in [1.29, 1.82) is 0 Å². The summed E-state index contributed by atoms with van der Waals surface area (Å²) in [5.74, 6) is 0. The summed E-state index contributed by atoms with van der Waals surface area (Å²) in [6.07, 6.45) is 4.98. The Morgan fingerprint density at radius 3 is 2.62 bits per heavy atom. The second kappa shape index (κ2) is 6.16. The molecule has 2 aromatic heterocycles. The van der Waals surface area contributed by atoms with Gasteiger partial charge in [-0.2, -0.15) is 0 Å². The molecule has 2 saturated heterocycles. The number of benzene rings is 1. The number of ether oxygens (including phenoxy) is 1. The Labute approximate surface area is 152 Å². The molecule has 5 rings (SSSR count). The van der Waals surface area contributed by atoms with E-state index in [9.17, 15) is 5.11 Å². The lowest BCUT2D eigenvalue weighted by molar-refractivity contribution is -0.149. The van der Waals surface area contributed by atoms with Gasteiger partial charge in [0.15, 0.2) is 5.65 Å². The number of nitrogens with zero attached hydrogens (tertiary/aromatic N) is 4. The molecule has 6 nitrogen and oxygen atoms in total. The van der Waals surface area contributed by atoms with E-state index in [1.807, 2.05) is 28.8 Å². The van der Waals surface area contributed by atoms with Gasteiger partial charge in [-0.15, -0.1) is 10.2 Å². The van der Waals surface area contributed by atoms with Crippen molar-refractivity contribution in [2.24, 2.45) is 0 Å². The third-order valence-electron chi connectivity index (χ3n) is 5.74. The minimum absolute atomic E-state index is 0.212. The van der Waals surface area contributed by atoms with E-state index in [0.29, 0.717) is 26.1 Å². The molecule has 0 spiro atoms. The van der Waals surface area contributed by atoms with Gasteiger partial charge in [0.05, 0.1) is 18.8 Å². The Hall–Kier alpha value is -2.28. The Morgan fingerprint density at radius 1 is 1.08 bits per heavy atom. The molecule has 1 aromatic carbocycles. The van der Waals surface area contributed by atoms with Crippen molar-refractivity contribution in [3.05, 3.63) is 66.1 Å². The fourth-order valence-corrected chi connectivity index (χ4v) is 4.44. The Kier molecular flexibility index (Phi) is 3.77. The number of aliphatic hydroxyl groups is 1. The molecule has 0 saturated carbocycles. The number of fused-ring (bicyclic) bond motifs is 3. The quantitative estimate of drug-likeness (QED) is 0.783. The van der Waals surface area contributed by atoms with Crippen LogP contribution < -0.4 is 0 Å². The van der Waals surface area contributed by atoms with Crippen molar-refractivity contribution in [3.8, 4) is 0 Å². The summed E-state index contributed by atoms with van der Waals surface area (Å²) in [6, 6.07) is 14.9. The van der Waals surface area contributed by atoms with Crippen molar-refractivity contribution in [2.45, 2.75) is 37.1 Å². The van der Waals surface area contributed by atoms with Gasteiger partial charge in [0, 0.05) is 30.4 Å². The van der Waals surface area contributed by atoms with Gasteiger partial charge >= 0.3 is 0 Å².